The molecule has 14 heteroatoms. The SMILES string of the molecule is CC(C)CCC(CCCCC(=O)OCCCCCCCCCCC(CCCCCCCCCCOC(=O)CCCC(CCC(C)C)C(C)C)NC(=O)CN(C)C)C(C)C.CCCCCCCC(CCCCC)CCCCOC(=O)CCCCCCCCCC(CCCCCCCCCC(=O)OCCCCC(CCCCCCC)CCCCCCC)NC(=O)CCCN(C)C. The Labute approximate surface area is 803 Å². The Morgan fingerprint density at radius 2 is 0.457 bits per heavy atom. The minimum absolute atomic E-state index is 0.00689. The first kappa shape index (κ1) is 128. The summed E-state index contributed by atoms with van der Waals surface area (Å²) in [5, 5.41) is 6.74. The number of hydrogen-bond donors (Lipinski definition) is 2. The molecular weight excluding hydrogens is 1600 g/mol. The molecule has 0 aromatic rings. The molecule has 0 aliphatic heterocycles. The summed E-state index contributed by atoms with van der Waals surface area (Å²) in [5.74, 6) is 6.42. The maximum absolute atomic E-state index is 12.8. The van der Waals surface area contributed by atoms with Crippen LogP contribution in [-0.2, 0) is 47.7 Å². The van der Waals surface area contributed by atoms with Gasteiger partial charge in [-0.15, -0.1) is 0 Å². The van der Waals surface area contributed by atoms with E-state index in [2.05, 4.69) is 113 Å². The second-order valence-corrected chi connectivity index (χ2v) is 42.7. The first-order chi connectivity index (χ1) is 62.5. The third-order valence-electron chi connectivity index (χ3n) is 27.7. The molecule has 0 saturated carbocycles. The van der Waals surface area contributed by atoms with Gasteiger partial charge >= 0.3 is 23.9 Å². The third-order valence-corrected chi connectivity index (χ3v) is 27.7. The maximum atomic E-state index is 12.8. The van der Waals surface area contributed by atoms with E-state index < -0.39 is 0 Å². The van der Waals surface area contributed by atoms with E-state index in [4.69, 9.17) is 18.9 Å². The van der Waals surface area contributed by atoms with Gasteiger partial charge in [-0.3, -0.25) is 28.8 Å². The van der Waals surface area contributed by atoms with Gasteiger partial charge in [0.1, 0.15) is 0 Å². The number of nitrogens with zero attached hydrogens (tertiary/aromatic N) is 2. The standard InChI is InChI=1S/C63H124N2O5.C52H102N2O5/c1-7-11-15-24-32-45-58(44-31-14-10-4)48-39-41-56-69-62(67)53-37-29-22-18-20-27-35-50-60(64-61(66)52-43-55-65(5)6)51-36-28-21-19-23-30-38-54-63(68)70-57-42-40-49-59(46-33-25-16-12-8-2)47-34-26-17-13-9-3;1-43(2)36-38-47(45(5)6)30-25-26-34-51(56)58-40-27-21-17-13-11-15-19-23-32-49(53-50(55)42-54(9)10)33-24-20-16-12-14-18-22-28-41-59-52(57)35-29-31-48(46(7)8)39-37-44(3)4/h58-60H,7-57H2,1-6H3,(H,64,66);43-49H,11-42H2,1-10H3,(H,53,55). The van der Waals surface area contributed by atoms with Crippen molar-refractivity contribution in [3.05, 3.63) is 0 Å². The quantitative estimate of drug-likeness (QED) is 0.0336. The molecule has 5 unspecified atom stereocenters. The minimum atomic E-state index is -0.0184. The fourth-order valence-electron chi connectivity index (χ4n) is 18.9. The topological polar surface area (TPSA) is 170 Å². The van der Waals surface area contributed by atoms with E-state index >= 15 is 0 Å². The van der Waals surface area contributed by atoms with E-state index in [0.29, 0.717) is 76.9 Å². The number of carbonyl (C=O) groups excluding carboxylic acids is 6. The molecule has 0 aromatic heterocycles. The summed E-state index contributed by atoms with van der Waals surface area (Å²) in [4.78, 5) is 78.7. The zero-order valence-corrected chi connectivity index (χ0v) is 89.4. The van der Waals surface area contributed by atoms with Crippen LogP contribution in [0.1, 0.15) is 577 Å². The molecule has 129 heavy (non-hydrogen) atoms. The number of hydrogen-bond acceptors (Lipinski definition) is 12. The van der Waals surface area contributed by atoms with Crippen LogP contribution < -0.4 is 10.6 Å². The van der Waals surface area contributed by atoms with E-state index in [1.54, 1.807) is 0 Å². The Kier molecular flexibility index (Phi) is 96.9. The van der Waals surface area contributed by atoms with Gasteiger partial charge < -0.3 is 39.4 Å². The predicted octanol–water partition coefficient (Wildman–Crippen LogP) is 33.4. The summed E-state index contributed by atoms with van der Waals surface area (Å²) in [5.41, 5.74) is 0. The van der Waals surface area contributed by atoms with Crippen molar-refractivity contribution in [3.8, 4) is 0 Å². The van der Waals surface area contributed by atoms with E-state index in [0.717, 1.165) is 177 Å². The number of unbranched alkanes of at least 4 members (excludes halogenated alkanes) is 43. The lowest BCUT2D eigenvalue weighted by Gasteiger charge is -2.21. The molecule has 0 aliphatic rings. The van der Waals surface area contributed by atoms with Crippen LogP contribution in [0, 0.1) is 47.3 Å². The van der Waals surface area contributed by atoms with Crippen LogP contribution in [0.2, 0.25) is 0 Å². The fraction of sp³-hybridized carbons (Fsp3) is 0.948. The molecule has 2 amide bonds. The smallest absolute Gasteiger partial charge is 0.305 e. The zero-order valence-electron chi connectivity index (χ0n) is 89.4. The number of esters is 4. The molecule has 2 N–H and O–H groups in total. The second kappa shape index (κ2) is 97.8. The van der Waals surface area contributed by atoms with Crippen LogP contribution in [0.3, 0.4) is 0 Å². The minimum Gasteiger partial charge on any atom is -0.466 e. The van der Waals surface area contributed by atoms with Gasteiger partial charge in [0.15, 0.2) is 0 Å². The monoisotopic (exact) mass is 1820 g/mol. The Hall–Kier alpha value is -3.26. The number of amides is 2. The zero-order chi connectivity index (χ0) is 95.3. The molecule has 0 aromatic carbocycles. The van der Waals surface area contributed by atoms with Crippen molar-refractivity contribution in [3.63, 3.8) is 0 Å². The van der Waals surface area contributed by atoms with Crippen LogP contribution >= 0.6 is 0 Å². The molecule has 0 heterocycles. The molecular formula is C115H226N4O10. The molecule has 5 atom stereocenters. The van der Waals surface area contributed by atoms with Gasteiger partial charge in [0, 0.05) is 44.2 Å². The van der Waals surface area contributed by atoms with Crippen molar-refractivity contribution in [1.82, 2.24) is 20.4 Å². The summed E-state index contributed by atoms with van der Waals surface area (Å²) < 4.78 is 22.3. The molecule has 0 fully saturated rings. The number of carbonyl (C=O) groups is 6. The van der Waals surface area contributed by atoms with Crippen molar-refractivity contribution in [2.24, 2.45) is 47.3 Å². The summed E-state index contributed by atoms with van der Waals surface area (Å²) in [6, 6.07) is 0.555. The Balaban J connectivity index is 0. The number of rotatable bonds is 99. The maximum Gasteiger partial charge on any atom is 0.305 e. The first-order valence-electron chi connectivity index (χ1n) is 57.0. The average molecular weight is 1830 g/mol. The molecule has 0 rings (SSSR count). The largest absolute Gasteiger partial charge is 0.466 e. The van der Waals surface area contributed by atoms with Crippen molar-refractivity contribution >= 4 is 35.7 Å². The summed E-state index contributed by atoms with van der Waals surface area (Å²) >= 11 is 0. The highest BCUT2D eigenvalue weighted by molar-refractivity contribution is 5.78. The fourth-order valence-corrected chi connectivity index (χ4v) is 18.9. The lowest BCUT2D eigenvalue weighted by molar-refractivity contribution is -0.144. The highest BCUT2D eigenvalue weighted by Gasteiger charge is 2.20. The summed E-state index contributed by atoms with van der Waals surface area (Å²) in [6.45, 7) is 31.4. The van der Waals surface area contributed by atoms with Crippen LogP contribution in [0.15, 0.2) is 0 Å². The summed E-state index contributed by atoms with van der Waals surface area (Å²) in [7, 11) is 8.04. The lowest BCUT2D eigenvalue weighted by atomic mass is 9.85. The molecule has 766 valence electrons. The van der Waals surface area contributed by atoms with Crippen LogP contribution in [-0.4, -0.2) is 125 Å². The van der Waals surface area contributed by atoms with Gasteiger partial charge in [-0.05, 0) is 198 Å². The van der Waals surface area contributed by atoms with Crippen molar-refractivity contribution < 1.29 is 47.7 Å². The van der Waals surface area contributed by atoms with Crippen LogP contribution in [0.25, 0.3) is 0 Å². The normalized spacial score (nSPS) is 13.0. The molecule has 0 spiro atoms. The third kappa shape index (κ3) is 96.2. The van der Waals surface area contributed by atoms with Gasteiger partial charge in [0.05, 0.1) is 33.0 Å². The molecule has 0 radical (unpaired) electrons. The van der Waals surface area contributed by atoms with E-state index in [9.17, 15) is 28.8 Å². The van der Waals surface area contributed by atoms with Crippen molar-refractivity contribution in [1.29, 1.82) is 0 Å². The van der Waals surface area contributed by atoms with Gasteiger partial charge in [-0.2, -0.15) is 0 Å². The Bertz CT molecular complexity index is 2390. The number of nitrogens with one attached hydrogen (secondary N) is 2. The molecule has 14 nitrogen and oxygen atoms in total. The molecule has 0 aliphatic carbocycles. The Morgan fingerprint density at radius 3 is 0.760 bits per heavy atom. The summed E-state index contributed by atoms with van der Waals surface area (Å²) in [6.07, 6.45) is 90.7. The lowest BCUT2D eigenvalue weighted by Crippen LogP contribution is -2.40. The van der Waals surface area contributed by atoms with E-state index in [-0.39, 0.29) is 47.8 Å². The van der Waals surface area contributed by atoms with Crippen LogP contribution in [0.5, 0.6) is 0 Å². The highest BCUT2D eigenvalue weighted by Crippen LogP contribution is 2.30. The van der Waals surface area contributed by atoms with Gasteiger partial charge in [-0.1, -0.05) is 430 Å². The number of ether oxygens (including phenoxy) is 4. The highest BCUT2D eigenvalue weighted by atomic mass is 16.5. The Morgan fingerprint density at radius 1 is 0.225 bits per heavy atom. The predicted molar refractivity (Wildman–Crippen MR) is 556 cm³/mol. The van der Waals surface area contributed by atoms with E-state index in [1.807, 2.05) is 19.0 Å². The van der Waals surface area contributed by atoms with E-state index in [1.165, 1.54) is 327 Å². The van der Waals surface area contributed by atoms with Crippen molar-refractivity contribution in [2.45, 2.75) is 590 Å². The molecule has 0 bridgehead atoms. The van der Waals surface area contributed by atoms with Crippen LogP contribution in [0.4, 0.5) is 0 Å². The second-order valence-electron chi connectivity index (χ2n) is 42.7. The first-order valence-corrected chi connectivity index (χ1v) is 57.0. The van der Waals surface area contributed by atoms with Crippen molar-refractivity contribution in [2.75, 3.05) is 67.7 Å². The number of likely N-dealkylation sites (N-methyl/N-ethyl adjacent to an activating group) is 1. The van der Waals surface area contributed by atoms with Gasteiger partial charge in [0.2, 0.25) is 11.8 Å². The average Bonchev–Trinajstić information content (AvgIpc) is 0.998. The molecule has 0 saturated heterocycles. The van der Waals surface area contributed by atoms with Gasteiger partial charge in [-0.25, -0.2) is 0 Å². The van der Waals surface area contributed by atoms with Gasteiger partial charge in [0.25, 0.3) is 0 Å².